The molecule has 1 aliphatic carbocycles. The fourth-order valence-corrected chi connectivity index (χ4v) is 2.46. The van der Waals surface area contributed by atoms with Crippen LogP contribution in [-0.2, 0) is 14.2 Å². The van der Waals surface area contributed by atoms with E-state index in [-0.39, 0.29) is 6.42 Å². The van der Waals surface area contributed by atoms with Gasteiger partial charge >= 0.3 is 12.2 Å². The minimum absolute atomic E-state index is 0.193. The molecular formula is C17H30N2O6. The second-order valence-corrected chi connectivity index (χ2v) is 6.86. The highest BCUT2D eigenvalue weighted by Gasteiger charge is 2.33. The van der Waals surface area contributed by atoms with Gasteiger partial charge in [0.05, 0.1) is 17.8 Å². The predicted molar refractivity (Wildman–Crippen MR) is 92.3 cm³/mol. The van der Waals surface area contributed by atoms with Crippen molar-refractivity contribution < 1.29 is 28.9 Å². The van der Waals surface area contributed by atoms with Crippen molar-refractivity contribution in [1.82, 2.24) is 10.6 Å². The van der Waals surface area contributed by atoms with Crippen LogP contribution in [0.3, 0.4) is 0 Å². The predicted octanol–water partition coefficient (Wildman–Crippen LogP) is 1.72. The number of carbonyl (C=O) groups is 2. The Bertz CT molecular complexity index is 474. The smallest absolute Gasteiger partial charge is 0.407 e. The zero-order chi connectivity index (χ0) is 19.0. The van der Waals surface area contributed by atoms with Crippen LogP contribution in [0, 0.1) is 0 Å². The summed E-state index contributed by atoms with van der Waals surface area (Å²) in [6, 6.07) is 0. The zero-order valence-corrected chi connectivity index (χ0v) is 15.6. The molecule has 0 aromatic carbocycles. The summed E-state index contributed by atoms with van der Waals surface area (Å²) in [6.45, 7) is 7.88. The number of alkyl carbamates (subject to hydrolysis) is 2. The van der Waals surface area contributed by atoms with E-state index in [0.717, 1.165) is 0 Å². The largest absolute Gasteiger partial charge is 0.442 e. The molecule has 0 bridgehead atoms. The van der Waals surface area contributed by atoms with Crippen LogP contribution in [0.4, 0.5) is 9.59 Å². The summed E-state index contributed by atoms with van der Waals surface area (Å²) in [5.74, 6) is 0. The highest BCUT2D eigenvalue weighted by atomic mass is 16.6. The van der Waals surface area contributed by atoms with Crippen molar-refractivity contribution in [3.63, 3.8) is 0 Å². The number of aliphatic hydroxyl groups excluding tert-OH is 1. The number of ether oxygens (including phenoxy) is 3. The Labute approximate surface area is 148 Å². The van der Waals surface area contributed by atoms with E-state index in [0.29, 0.717) is 13.0 Å². The van der Waals surface area contributed by atoms with Crippen molar-refractivity contribution in [3.8, 4) is 0 Å². The highest BCUT2D eigenvalue weighted by molar-refractivity contribution is 5.67. The van der Waals surface area contributed by atoms with Gasteiger partial charge in [-0.3, -0.25) is 0 Å². The second kappa shape index (κ2) is 9.62. The molecule has 144 valence electrons. The quantitative estimate of drug-likeness (QED) is 0.661. The third-order valence-corrected chi connectivity index (χ3v) is 3.45. The number of hydrogen-bond acceptors (Lipinski definition) is 6. The molecule has 3 N–H and O–H groups in total. The maximum absolute atomic E-state index is 11.7. The number of amides is 2. The van der Waals surface area contributed by atoms with Gasteiger partial charge in [-0.1, -0.05) is 0 Å². The molecule has 0 spiro atoms. The van der Waals surface area contributed by atoms with Crippen LogP contribution in [0.2, 0.25) is 0 Å². The molecule has 0 heterocycles. The van der Waals surface area contributed by atoms with Crippen LogP contribution < -0.4 is 10.6 Å². The van der Waals surface area contributed by atoms with Gasteiger partial charge in [0.2, 0.25) is 0 Å². The molecule has 0 radical (unpaired) electrons. The van der Waals surface area contributed by atoms with Gasteiger partial charge in [-0.2, -0.15) is 0 Å². The van der Waals surface area contributed by atoms with E-state index in [1.165, 1.54) is 7.05 Å². The van der Waals surface area contributed by atoms with Crippen LogP contribution in [0.5, 0.6) is 0 Å². The van der Waals surface area contributed by atoms with Gasteiger partial charge < -0.3 is 30.0 Å². The van der Waals surface area contributed by atoms with Crippen molar-refractivity contribution >= 4 is 12.2 Å². The Morgan fingerprint density at radius 2 is 1.68 bits per heavy atom. The molecule has 0 aliphatic heterocycles. The Kier molecular flexibility index (Phi) is 8.18. The lowest BCUT2D eigenvalue weighted by molar-refractivity contribution is -0.129. The molecule has 0 fully saturated rings. The van der Waals surface area contributed by atoms with Gasteiger partial charge in [0.25, 0.3) is 0 Å². The number of rotatable bonds is 4. The Morgan fingerprint density at radius 3 is 2.20 bits per heavy atom. The van der Waals surface area contributed by atoms with E-state index in [1.807, 2.05) is 20.8 Å². The average molecular weight is 358 g/mol. The molecule has 0 saturated heterocycles. The Morgan fingerprint density at radius 1 is 1.12 bits per heavy atom. The van der Waals surface area contributed by atoms with Crippen LogP contribution in [-0.4, -0.2) is 60.9 Å². The summed E-state index contributed by atoms with van der Waals surface area (Å²) >= 11 is 0. The molecular weight excluding hydrogens is 328 g/mol. The summed E-state index contributed by atoms with van der Waals surface area (Å²) < 4.78 is 16.5. The van der Waals surface area contributed by atoms with Crippen LogP contribution in [0.25, 0.3) is 0 Å². The standard InChI is InChI=1S/C17H30N2O6/c1-6-19-16(22)24-12-8-7-11(23-15(21)18-5)9-13(20)14(10-12)25-17(2,3)4/h7-8,11-14,20H,6,9-10H2,1-5H3,(H,18,21)(H,19,22)/b8-7+. The topological polar surface area (TPSA) is 106 Å². The molecule has 8 heteroatoms. The maximum atomic E-state index is 11.7. The SMILES string of the molecule is CCNC(=O)OC1/C=C/C(OC(=O)NC)CC(O)C(OC(C)(C)C)C1. The summed E-state index contributed by atoms with van der Waals surface area (Å²) in [5, 5.41) is 15.5. The van der Waals surface area contributed by atoms with Crippen molar-refractivity contribution in [2.45, 2.75) is 70.6 Å². The van der Waals surface area contributed by atoms with Gasteiger partial charge in [-0.15, -0.1) is 0 Å². The lowest BCUT2D eigenvalue weighted by Crippen LogP contribution is -2.43. The second-order valence-electron chi connectivity index (χ2n) is 6.86. The maximum Gasteiger partial charge on any atom is 0.407 e. The molecule has 25 heavy (non-hydrogen) atoms. The highest BCUT2D eigenvalue weighted by Crippen LogP contribution is 2.24. The first-order valence-electron chi connectivity index (χ1n) is 8.51. The van der Waals surface area contributed by atoms with Crippen LogP contribution >= 0.6 is 0 Å². The number of nitrogens with one attached hydrogen (secondary N) is 2. The molecule has 4 unspecified atom stereocenters. The van der Waals surface area contributed by atoms with E-state index in [4.69, 9.17) is 14.2 Å². The van der Waals surface area contributed by atoms with Crippen molar-refractivity contribution in [2.24, 2.45) is 0 Å². The minimum Gasteiger partial charge on any atom is -0.442 e. The number of aliphatic hydroxyl groups is 1. The first-order chi connectivity index (χ1) is 11.6. The molecule has 8 nitrogen and oxygen atoms in total. The van der Waals surface area contributed by atoms with Crippen LogP contribution in [0.1, 0.15) is 40.5 Å². The van der Waals surface area contributed by atoms with E-state index >= 15 is 0 Å². The lowest BCUT2D eigenvalue weighted by atomic mass is 9.96. The molecule has 4 atom stereocenters. The molecule has 0 aromatic heterocycles. The Hall–Kier alpha value is -1.80. The van der Waals surface area contributed by atoms with Gasteiger partial charge in [0.15, 0.2) is 0 Å². The number of carbonyl (C=O) groups excluding carboxylic acids is 2. The van der Waals surface area contributed by atoms with E-state index in [2.05, 4.69) is 10.6 Å². The molecule has 1 rings (SSSR count). The fraction of sp³-hybridized carbons (Fsp3) is 0.765. The van der Waals surface area contributed by atoms with Gasteiger partial charge in [-0.25, -0.2) is 9.59 Å². The van der Waals surface area contributed by atoms with Gasteiger partial charge in [0.1, 0.15) is 12.2 Å². The third-order valence-electron chi connectivity index (χ3n) is 3.45. The normalized spacial score (nSPS) is 28.2. The molecule has 0 saturated carbocycles. The van der Waals surface area contributed by atoms with Gasteiger partial charge in [0, 0.05) is 26.4 Å². The van der Waals surface area contributed by atoms with E-state index in [9.17, 15) is 14.7 Å². The third kappa shape index (κ3) is 8.22. The fourth-order valence-electron chi connectivity index (χ4n) is 2.46. The monoisotopic (exact) mass is 358 g/mol. The van der Waals surface area contributed by atoms with E-state index in [1.54, 1.807) is 19.1 Å². The minimum atomic E-state index is -0.876. The molecule has 1 aliphatic rings. The first-order valence-corrected chi connectivity index (χ1v) is 8.51. The average Bonchev–Trinajstić information content (AvgIpc) is 2.49. The Balaban J connectivity index is 2.93. The number of hydrogen-bond donors (Lipinski definition) is 3. The van der Waals surface area contributed by atoms with Crippen molar-refractivity contribution in [3.05, 3.63) is 12.2 Å². The molecule has 2 amide bonds. The van der Waals surface area contributed by atoms with E-state index < -0.39 is 42.2 Å². The van der Waals surface area contributed by atoms with Crippen molar-refractivity contribution in [2.75, 3.05) is 13.6 Å². The summed E-state index contributed by atoms with van der Waals surface area (Å²) in [7, 11) is 1.46. The van der Waals surface area contributed by atoms with Crippen molar-refractivity contribution in [1.29, 1.82) is 0 Å². The summed E-state index contributed by atoms with van der Waals surface area (Å²) in [4.78, 5) is 23.2. The lowest BCUT2D eigenvalue weighted by Gasteiger charge is -2.34. The van der Waals surface area contributed by atoms with Crippen LogP contribution in [0.15, 0.2) is 12.2 Å². The summed E-state index contributed by atoms with van der Waals surface area (Å²) in [5.41, 5.74) is -0.484. The molecule has 0 aromatic rings. The zero-order valence-electron chi connectivity index (χ0n) is 15.6. The van der Waals surface area contributed by atoms with Gasteiger partial charge in [-0.05, 0) is 39.8 Å². The summed E-state index contributed by atoms with van der Waals surface area (Å²) in [6.07, 6.45) is -0.0752. The first kappa shape index (κ1) is 21.2.